The van der Waals surface area contributed by atoms with E-state index < -0.39 is 29.2 Å². The smallest absolute Gasteiger partial charge is 0.350 e. The second-order valence-corrected chi connectivity index (χ2v) is 8.87. The Hall–Kier alpha value is -3.85. The fourth-order valence-electron chi connectivity index (χ4n) is 4.16. The minimum Gasteiger partial charge on any atom is -0.465 e. The zero-order valence-corrected chi connectivity index (χ0v) is 19.4. The maximum atomic E-state index is 13.9. The molecule has 0 spiro atoms. The van der Waals surface area contributed by atoms with E-state index in [-0.39, 0.29) is 32.3 Å². The average Bonchev–Trinajstić information content (AvgIpc) is 3.36. The first-order valence-corrected chi connectivity index (χ1v) is 11.4. The van der Waals surface area contributed by atoms with Crippen molar-refractivity contribution in [3.8, 4) is 0 Å². The van der Waals surface area contributed by atoms with Gasteiger partial charge in [-0.3, -0.25) is 14.5 Å². The van der Waals surface area contributed by atoms with Crippen LogP contribution >= 0.6 is 11.3 Å². The molecule has 3 heterocycles. The van der Waals surface area contributed by atoms with E-state index in [1.807, 2.05) is 31.2 Å². The summed E-state index contributed by atoms with van der Waals surface area (Å²) in [5.41, 5.74) is 1.90. The van der Waals surface area contributed by atoms with Gasteiger partial charge in [0.1, 0.15) is 16.3 Å². The molecule has 0 saturated heterocycles. The number of hydrogen-bond acceptors (Lipinski definition) is 7. The molecule has 0 saturated carbocycles. The molecule has 4 aromatic rings. The number of hydrogen-bond donors (Lipinski definition) is 0. The largest absolute Gasteiger partial charge is 0.465 e. The van der Waals surface area contributed by atoms with Crippen LogP contribution in [-0.4, -0.2) is 24.0 Å². The standard InChI is InChI=1S/C25H19FN2O5S/c1-4-13-5-7-14(8-6-13)19-18-20(29)16-11-15(26)9-10-17(16)33-21(18)23(30)28(19)25-27-12(2)22(34-25)24(31)32-3/h5-11,19H,4H2,1-3H3/t19-/m0/s1. The number of rotatable bonds is 4. The molecular weight excluding hydrogens is 459 g/mol. The van der Waals surface area contributed by atoms with Gasteiger partial charge in [-0.2, -0.15) is 0 Å². The van der Waals surface area contributed by atoms with Crippen LogP contribution in [0.15, 0.2) is 51.7 Å². The lowest BCUT2D eigenvalue weighted by Crippen LogP contribution is -2.29. The van der Waals surface area contributed by atoms with E-state index in [1.54, 1.807) is 6.92 Å². The first-order chi connectivity index (χ1) is 16.3. The van der Waals surface area contributed by atoms with Crippen molar-refractivity contribution in [3.05, 3.63) is 91.5 Å². The second kappa shape index (κ2) is 8.18. The minimum absolute atomic E-state index is 0.0501. The van der Waals surface area contributed by atoms with Gasteiger partial charge in [-0.25, -0.2) is 14.2 Å². The average molecular weight is 479 g/mol. The van der Waals surface area contributed by atoms with E-state index in [9.17, 15) is 18.8 Å². The Morgan fingerprint density at radius 1 is 1.21 bits per heavy atom. The van der Waals surface area contributed by atoms with Crippen LogP contribution in [0.1, 0.15) is 55.6 Å². The molecule has 0 N–H and O–H groups in total. The van der Waals surface area contributed by atoms with Crippen molar-refractivity contribution in [2.45, 2.75) is 26.3 Å². The van der Waals surface area contributed by atoms with Crippen molar-refractivity contribution in [3.63, 3.8) is 0 Å². The van der Waals surface area contributed by atoms with Crippen molar-refractivity contribution < 1.29 is 23.1 Å². The summed E-state index contributed by atoms with van der Waals surface area (Å²) in [4.78, 5) is 45.3. The summed E-state index contributed by atoms with van der Waals surface area (Å²) in [6.07, 6.45) is 0.824. The third-order valence-corrected chi connectivity index (χ3v) is 7.03. The Morgan fingerprint density at radius 3 is 2.62 bits per heavy atom. The number of nitrogens with zero attached hydrogens (tertiary/aromatic N) is 2. The monoisotopic (exact) mass is 478 g/mol. The molecule has 1 atom stereocenters. The Balaban J connectivity index is 1.77. The van der Waals surface area contributed by atoms with Crippen molar-refractivity contribution in [1.29, 1.82) is 0 Å². The SMILES string of the molecule is CCc1ccc([C@H]2c3c(oc4ccc(F)cc4c3=O)C(=O)N2c2nc(C)c(C(=O)OC)s2)cc1. The molecule has 34 heavy (non-hydrogen) atoms. The molecule has 7 nitrogen and oxygen atoms in total. The number of carbonyl (C=O) groups excluding carboxylic acids is 2. The normalized spacial score (nSPS) is 15.1. The number of carbonyl (C=O) groups is 2. The first kappa shape index (κ1) is 22.0. The van der Waals surface area contributed by atoms with Crippen molar-refractivity contribution in [2.24, 2.45) is 0 Å². The first-order valence-electron chi connectivity index (χ1n) is 10.6. The molecule has 0 aliphatic carbocycles. The number of esters is 1. The van der Waals surface area contributed by atoms with Crippen LogP contribution in [0.2, 0.25) is 0 Å². The molecule has 1 aliphatic heterocycles. The number of ether oxygens (including phenoxy) is 1. The van der Waals surface area contributed by atoms with E-state index in [1.165, 1.54) is 24.1 Å². The molecule has 172 valence electrons. The molecular formula is C25H19FN2O5S. The van der Waals surface area contributed by atoms with Gasteiger partial charge in [-0.05, 0) is 42.7 Å². The predicted molar refractivity (Wildman–Crippen MR) is 125 cm³/mol. The highest BCUT2D eigenvalue weighted by molar-refractivity contribution is 7.17. The number of anilines is 1. The predicted octanol–water partition coefficient (Wildman–Crippen LogP) is 4.80. The highest BCUT2D eigenvalue weighted by atomic mass is 32.1. The Bertz CT molecular complexity index is 1520. The Labute approximate surface area is 197 Å². The number of fused-ring (bicyclic) bond motifs is 2. The molecule has 1 aliphatic rings. The van der Waals surface area contributed by atoms with Gasteiger partial charge in [0, 0.05) is 0 Å². The van der Waals surface area contributed by atoms with Crippen molar-refractivity contribution >= 4 is 39.3 Å². The lowest BCUT2D eigenvalue weighted by molar-refractivity contribution is 0.0605. The quantitative estimate of drug-likeness (QED) is 0.392. The number of halogens is 1. The zero-order chi connectivity index (χ0) is 24.1. The van der Waals surface area contributed by atoms with Crippen LogP contribution in [-0.2, 0) is 11.2 Å². The van der Waals surface area contributed by atoms with Crippen LogP contribution in [0.5, 0.6) is 0 Å². The summed E-state index contributed by atoms with van der Waals surface area (Å²) in [5.74, 6) is -1.83. The van der Waals surface area contributed by atoms with E-state index >= 15 is 0 Å². The molecule has 5 rings (SSSR count). The van der Waals surface area contributed by atoms with E-state index in [0.717, 1.165) is 29.4 Å². The van der Waals surface area contributed by atoms with E-state index in [0.29, 0.717) is 11.3 Å². The Morgan fingerprint density at radius 2 is 1.94 bits per heavy atom. The highest BCUT2D eigenvalue weighted by Crippen LogP contribution is 2.43. The summed E-state index contributed by atoms with van der Waals surface area (Å²) < 4.78 is 24.6. The van der Waals surface area contributed by atoms with Crippen LogP contribution in [0.4, 0.5) is 9.52 Å². The fraction of sp³-hybridized carbons (Fsp3) is 0.200. The fourth-order valence-corrected chi connectivity index (χ4v) is 5.17. The van der Waals surface area contributed by atoms with Crippen LogP contribution in [0.25, 0.3) is 11.0 Å². The highest BCUT2D eigenvalue weighted by Gasteiger charge is 2.45. The lowest BCUT2D eigenvalue weighted by atomic mass is 9.97. The summed E-state index contributed by atoms with van der Waals surface area (Å²) in [6.45, 7) is 3.67. The Kier molecular flexibility index (Phi) is 5.28. The molecule has 2 aromatic heterocycles. The van der Waals surface area contributed by atoms with Gasteiger partial charge < -0.3 is 9.15 Å². The van der Waals surface area contributed by atoms with Crippen molar-refractivity contribution in [1.82, 2.24) is 4.98 Å². The third kappa shape index (κ3) is 3.31. The topological polar surface area (TPSA) is 89.7 Å². The lowest BCUT2D eigenvalue weighted by Gasteiger charge is -2.22. The third-order valence-electron chi connectivity index (χ3n) is 5.90. The van der Waals surface area contributed by atoms with Crippen LogP contribution < -0.4 is 10.3 Å². The summed E-state index contributed by atoms with van der Waals surface area (Å²) in [5, 5.41) is 0.280. The number of aryl methyl sites for hydroxylation is 2. The summed E-state index contributed by atoms with van der Waals surface area (Å²) in [7, 11) is 1.27. The number of amides is 1. The van der Waals surface area contributed by atoms with Gasteiger partial charge in [-0.1, -0.05) is 42.5 Å². The molecule has 0 fully saturated rings. The zero-order valence-electron chi connectivity index (χ0n) is 18.5. The van der Waals surface area contributed by atoms with Crippen LogP contribution in [0.3, 0.4) is 0 Å². The maximum absolute atomic E-state index is 13.9. The van der Waals surface area contributed by atoms with E-state index in [2.05, 4.69) is 4.98 Å². The molecule has 2 aromatic carbocycles. The number of benzene rings is 2. The van der Waals surface area contributed by atoms with Gasteiger partial charge in [0.05, 0.1) is 29.8 Å². The minimum atomic E-state index is -0.853. The number of aromatic nitrogens is 1. The van der Waals surface area contributed by atoms with Crippen LogP contribution in [0, 0.1) is 12.7 Å². The van der Waals surface area contributed by atoms with Gasteiger partial charge in [0.25, 0.3) is 5.91 Å². The van der Waals surface area contributed by atoms with Gasteiger partial charge in [-0.15, -0.1) is 0 Å². The summed E-state index contributed by atoms with van der Waals surface area (Å²) >= 11 is 0.998. The molecule has 9 heteroatoms. The molecule has 1 amide bonds. The maximum Gasteiger partial charge on any atom is 0.350 e. The van der Waals surface area contributed by atoms with Gasteiger partial charge in [0.2, 0.25) is 5.76 Å². The van der Waals surface area contributed by atoms with Crippen molar-refractivity contribution in [2.75, 3.05) is 12.0 Å². The number of methoxy groups -OCH3 is 1. The molecule has 0 unspecified atom stereocenters. The molecule has 0 radical (unpaired) electrons. The summed E-state index contributed by atoms with van der Waals surface area (Å²) in [6, 6.07) is 10.3. The molecule has 0 bridgehead atoms. The van der Waals surface area contributed by atoms with E-state index in [4.69, 9.17) is 9.15 Å². The van der Waals surface area contributed by atoms with Gasteiger partial charge in [0.15, 0.2) is 10.6 Å². The van der Waals surface area contributed by atoms with Gasteiger partial charge >= 0.3 is 5.97 Å². The number of thiazole rings is 1. The second-order valence-electron chi connectivity index (χ2n) is 7.89.